The molecule has 0 fully saturated rings. The molecule has 2 aromatic carbocycles. The molecule has 0 unspecified atom stereocenters. The highest BCUT2D eigenvalue weighted by Gasteiger charge is 2.15. The minimum absolute atomic E-state index is 0.125. The third-order valence-corrected chi connectivity index (χ3v) is 4.20. The fraction of sp³-hybridized carbons (Fsp3) is 0.235. The summed E-state index contributed by atoms with van der Waals surface area (Å²) < 4.78 is 35.8. The van der Waals surface area contributed by atoms with Gasteiger partial charge in [0.2, 0.25) is 5.91 Å². The number of carbonyl (C=O) groups excluding carboxylic acids is 1. The number of carbonyl (C=O) groups is 1. The second kappa shape index (κ2) is 10.2. The Hall–Kier alpha value is -1.83. The number of alkyl halides is 2. The highest BCUT2D eigenvalue weighted by molar-refractivity contribution is 7.99. The lowest BCUT2D eigenvalue weighted by Gasteiger charge is -2.12. The van der Waals surface area contributed by atoms with Gasteiger partial charge < -0.3 is 14.8 Å². The van der Waals surface area contributed by atoms with E-state index in [4.69, 9.17) is 21.1 Å². The average Bonchev–Trinajstić information content (AvgIpc) is 2.58. The Balaban J connectivity index is 1.76. The Morgan fingerprint density at radius 3 is 2.60 bits per heavy atom. The molecule has 2 aromatic rings. The second-order valence-electron chi connectivity index (χ2n) is 4.76. The molecule has 0 heterocycles. The summed E-state index contributed by atoms with van der Waals surface area (Å²) in [7, 11) is 0. The number of hydrogen-bond acceptors (Lipinski definition) is 4. The first kappa shape index (κ1) is 19.5. The van der Waals surface area contributed by atoms with Gasteiger partial charge in [-0.1, -0.05) is 47.6 Å². The molecule has 0 aromatic heterocycles. The number of hydrogen-bond donors (Lipinski definition) is 1. The molecule has 0 aliphatic carbocycles. The van der Waals surface area contributed by atoms with Crippen molar-refractivity contribution in [1.29, 1.82) is 0 Å². The second-order valence-corrected chi connectivity index (χ2v) is 6.16. The first-order valence-electron chi connectivity index (χ1n) is 7.35. The molecule has 0 aliphatic heterocycles. The number of halogens is 3. The molecular formula is C17H16ClF2NO3S. The molecule has 1 N–H and O–H groups in total. The van der Waals surface area contributed by atoms with Gasteiger partial charge in [-0.05, 0) is 24.3 Å². The molecule has 0 saturated carbocycles. The van der Waals surface area contributed by atoms with Crippen LogP contribution in [0.1, 0.15) is 0 Å². The van der Waals surface area contributed by atoms with Gasteiger partial charge in [-0.25, -0.2) is 0 Å². The van der Waals surface area contributed by atoms with Crippen LogP contribution in [0.5, 0.6) is 5.75 Å². The number of benzene rings is 2. The van der Waals surface area contributed by atoms with Crippen molar-refractivity contribution in [2.45, 2.75) is 10.7 Å². The molecule has 0 aliphatic rings. The Bertz CT molecular complexity index is 689. The molecule has 2 rings (SSSR count). The zero-order valence-corrected chi connectivity index (χ0v) is 14.7. The van der Waals surface area contributed by atoms with E-state index in [9.17, 15) is 13.6 Å². The smallest absolute Gasteiger partial charge is 0.289 e. The van der Waals surface area contributed by atoms with Crippen LogP contribution in [0, 0.1) is 0 Å². The molecule has 8 heteroatoms. The van der Waals surface area contributed by atoms with Crippen molar-refractivity contribution >= 4 is 35.0 Å². The van der Waals surface area contributed by atoms with Gasteiger partial charge >= 0.3 is 0 Å². The standard InChI is InChI=1S/C17H16ClF2NO3S/c18-13-7-4-8-14(16(13)25-17(19)20)21-15(22)11-23-9-10-24-12-5-2-1-3-6-12/h1-8,17H,9-11H2,(H,21,22). The van der Waals surface area contributed by atoms with Gasteiger partial charge in [0, 0.05) is 0 Å². The summed E-state index contributed by atoms with van der Waals surface area (Å²) in [5, 5.41) is 2.67. The van der Waals surface area contributed by atoms with Crippen molar-refractivity contribution in [2.24, 2.45) is 0 Å². The van der Waals surface area contributed by atoms with Crippen LogP contribution in [0.2, 0.25) is 5.02 Å². The fourth-order valence-corrected chi connectivity index (χ4v) is 2.82. The molecule has 0 radical (unpaired) electrons. The van der Waals surface area contributed by atoms with Crippen LogP contribution < -0.4 is 10.1 Å². The third kappa shape index (κ3) is 6.89. The van der Waals surface area contributed by atoms with Crippen LogP contribution in [0.25, 0.3) is 0 Å². The molecule has 0 atom stereocenters. The Kier molecular flexibility index (Phi) is 7.97. The molecular weight excluding hydrogens is 372 g/mol. The predicted molar refractivity (Wildman–Crippen MR) is 94.7 cm³/mol. The maximum atomic E-state index is 12.6. The summed E-state index contributed by atoms with van der Waals surface area (Å²) in [5.41, 5.74) is 0.229. The van der Waals surface area contributed by atoms with Crippen LogP contribution in [-0.4, -0.2) is 31.5 Å². The monoisotopic (exact) mass is 387 g/mol. The number of rotatable bonds is 9. The molecule has 134 valence electrons. The molecule has 0 spiro atoms. The maximum absolute atomic E-state index is 12.6. The van der Waals surface area contributed by atoms with Gasteiger partial charge in [-0.15, -0.1) is 0 Å². The lowest BCUT2D eigenvalue weighted by molar-refractivity contribution is -0.120. The van der Waals surface area contributed by atoms with Gasteiger partial charge in [-0.3, -0.25) is 4.79 Å². The van der Waals surface area contributed by atoms with Crippen LogP contribution in [0.3, 0.4) is 0 Å². The molecule has 4 nitrogen and oxygen atoms in total. The largest absolute Gasteiger partial charge is 0.491 e. The average molecular weight is 388 g/mol. The van der Waals surface area contributed by atoms with Crippen LogP contribution in [-0.2, 0) is 9.53 Å². The van der Waals surface area contributed by atoms with Crippen molar-refractivity contribution < 1.29 is 23.0 Å². The van der Waals surface area contributed by atoms with E-state index in [1.54, 1.807) is 6.07 Å². The van der Waals surface area contributed by atoms with Crippen molar-refractivity contribution in [3.05, 3.63) is 53.6 Å². The minimum atomic E-state index is -2.64. The lowest BCUT2D eigenvalue weighted by atomic mass is 10.3. The van der Waals surface area contributed by atoms with E-state index >= 15 is 0 Å². The highest BCUT2D eigenvalue weighted by atomic mass is 35.5. The zero-order valence-electron chi connectivity index (χ0n) is 13.1. The summed E-state index contributed by atoms with van der Waals surface area (Å²) in [6, 6.07) is 13.8. The van der Waals surface area contributed by atoms with E-state index in [1.807, 2.05) is 30.3 Å². The van der Waals surface area contributed by atoms with Gasteiger partial charge in [0.15, 0.2) is 0 Å². The molecule has 0 bridgehead atoms. The predicted octanol–water partition coefficient (Wildman–Crippen LogP) is 4.69. The Morgan fingerprint density at radius 1 is 1.12 bits per heavy atom. The van der Waals surface area contributed by atoms with Crippen LogP contribution in [0.15, 0.2) is 53.4 Å². The summed E-state index contributed by atoms with van der Waals surface area (Å²) in [6.45, 7) is 0.293. The number of amides is 1. The minimum Gasteiger partial charge on any atom is -0.491 e. The maximum Gasteiger partial charge on any atom is 0.289 e. The van der Waals surface area contributed by atoms with E-state index in [0.717, 1.165) is 0 Å². The van der Waals surface area contributed by atoms with Gasteiger partial charge in [0.25, 0.3) is 5.76 Å². The van der Waals surface area contributed by atoms with Crippen LogP contribution >= 0.6 is 23.4 Å². The van der Waals surface area contributed by atoms with Crippen molar-refractivity contribution in [2.75, 3.05) is 25.1 Å². The molecule has 1 amide bonds. The van der Waals surface area contributed by atoms with Crippen molar-refractivity contribution in [1.82, 2.24) is 0 Å². The summed E-state index contributed by atoms with van der Waals surface area (Å²) in [5.74, 6) is -2.39. The summed E-state index contributed by atoms with van der Waals surface area (Å²) in [6.07, 6.45) is 0. The zero-order chi connectivity index (χ0) is 18.1. The van der Waals surface area contributed by atoms with E-state index < -0.39 is 11.7 Å². The summed E-state index contributed by atoms with van der Waals surface area (Å²) >= 11 is 6.19. The van der Waals surface area contributed by atoms with Crippen molar-refractivity contribution in [3.8, 4) is 5.75 Å². The normalized spacial score (nSPS) is 10.7. The van der Waals surface area contributed by atoms with Gasteiger partial charge in [-0.2, -0.15) is 8.78 Å². The van der Waals surface area contributed by atoms with Crippen molar-refractivity contribution in [3.63, 3.8) is 0 Å². The molecule has 0 saturated heterocycles. The number of thioether (sulfide) groups is 1. The lowest BCUT2D eigenvalue weighted by Crippen LogP contribution is -2.20. The van der Waals surface area contributed by atoms with E-state index in [-0.39, 0.29) is 40.6 Å². The number of para-hydroxylation sites is 1. The third-order valence-electron chi connectivity index (χ3n) is 2.92. The molecule has 25 heavy (non-hydrogen) atoms. The Labute approximate surface area is 153 Å². The highest BCUT2D eigenvalue weighted by Crippen LogP contribution is 2.37. The van der Waals surface area contributed by atoms with E-state index in [2.05, 4.69) is 5.32 Å². The number of anilines is 1. The fourth-order valence-electron chi connectivity index (χ4n) is 1.90. The quantitative estimate of drug-likeness (QED) is 0.501. The first-order chi connectivity index (χ1) is 12.1. The summed E-state index contributed by atoms with van der Waals surface area (Å²) in [4.78, 5) is 12.0. The first-order valence-corrected chi connectivity index (χ1v) is 8.61. The van der Waals surface area contributed by atoms with Gasteiger partial charge in [0.1, 0.15) is 19.0 Å². The van der Waals surface area contributed by atoms with Crippen LogP contribution in [0.4, 0.5) is 14.5 Å². The number of ether oxygens (including phenoxy) is 2. The number of nitrogens with one attached hydrogen (secondary N) is 1. The SMILES string of the molecule is O=C(COCCOc1ccccc1)Nc1cccc(Cl)c1SC(F)F. The Morgan fingerprint density at radius 2 is 1.88 bits per heavy atom. The van der Waals surface area contributed by atoms with Gasteiger partial charge in [0.05, 0.1) is 22.2 Å². The van der Waals surface area contributed by atoms with E-state index in [1.165, 1.54) is 12.1 Å². The van der Waals surface area contributed by atoms with E-state index in [0.29, 0.717) is 12.4 Å². The topological polar surface area (TPSA) is 47.6 Å².